The molecule has 0 unspecified atom stereocenters. The predicted octanol–water partition coefficient (Wildman–Crippen LogP) is 5.84. The Balaban J connectivity index is 0.754. The molecule has 6 amide bonds. The van der Waals surface area contributed by atoms with Crippen LogP contribution in [0, 0.1) is 18.8 Å². The number of nitrogens with two attached hydrogens (primary N) is 1. The highest BCUT2D eigenvalue weighted by Crippen LogP contribution is 2.40. The zero-order valence-corrected chi connectivity index (χ0v) is 47.8. The lowest BCUT2D eigenvalue weighted by Crippen LogP contribution is -2.55. The molecule has 2 aliphatic heterocycles. The third-order valence-electron chi connectivity index (χ3n) is 15.1. The molecule has 1 aliphatic carbocycles. The lowest BCUT2D eigenvalue weighted by atomic mass is 9.89. The topological polar surface area (TPSA) is 274 Å². The standard InChI is InChI=1S/C62H72N12O10/c1-41(2)57(70-56(76)20-26-81-30-32-84-33-31-82-27-23-72-60(78)51-37-52(51)61(72)79)54(75)36-46(7-5-21-65-62(63)80)59(77)68-48-15-10-44(11-16-48)39-74(24-28-83-29-25-74)50-8-4-6-45(35-50)53-19-22-64-55(69-53)34-43-12-17-49(18-13-43)73-40-67-58(71-73)47-14-9-42(3)66-38-47/h4,6,8-19,22,35,38,40-41,46,57H,5,7,20-21,23-34,36-37,39H2,1-3H3,(H4-,63,65,68,70,76,77,80)/p+1/t46-,57+/m1/s1. The lowest BCUT2D eigenvalue weighted by Gasteiger charge is -2.41. The number of urea groups is 1. The van der Waals surface area contributed by atoms with Crippen LogP contribution in [0.3, 0.4) is 0 Å². The number of ether oxygens (including phenoxy) is 4. The number of nitrogens with one attached hydrogen (secondary N) is 3. The van der Waals surface area contributed by atoms with E-state index < -0.39 is 18.0 Å². The van der Waals surface area contributed by atoms with Crippen molar-refractivity contribution in [2.24, 2.45) is 17.6 Å². The molecule has 0 radical (unpaired) electrons. The van der Waals surface area contributed by atoms with Crippen molar-refractivity contribution in [3.05, 3.63) is 144 Å². The first kappa shape index (κ1) is 60.2. The van der Waals surface area contributed by atoms with E-state index in [1.807, 2.05) is 75.4 Å². The summed E-state index contributed by atoms with van der Waals surface area (Å²) >= 11 is 0. The fourth-order valence-corrected chi connectivity index (χ4v) is 10.3. The van der Waals surface area contributed by atoms with Gasteiger partial charge in [0.2, 0.25) is 11.8 Å². The maximum atomic E-state index is 14.0. The van der Waals surface area contributed by atoms with Crippen LogP contribution in [0.25, 0.3) is 28.3 Å². The summed E-state index contributed by atoms with van der Waals surface area (Å²) in [6, 6.07) is 28.7. The normalized spacial score (nSPS) is 15.2. The van der Waals surface area contributed by atoms with Gasteiger partial charge in [-0.15, -0.1) is 5.10 Å². The van der Waals surface area contributed by atoms with Gasteiger partial charge in [0.05, 0.1) is 76.8 Å². The van der Waals surface area contributed by atoms with Gasteiger partial charge in [-0.1, -0.05) is 50.2 Å². The summed E-state index contributed by atoms with van der Waals surface area (Å²) in [4.78, 5) is 96.2. The Kier molecular flexibility index (Phi) is 20.6. The summed E-state index contributed by atoms with van der Waals surface area (Å²) in [6.45, 7) is 10.8. The van der Waals surface area contributed by atoms with Crippen molar-refractivity contribution < 1.29 is 47.7 Å². The van der Waals surface area contributed by atoms with E-state index in [1.54, 1.807) is 23.4 Å². The number of Topliss-reactive ketones (excluding diaryl/α,β-unsaturated/α-hetero) is 1. The molecule has 0 bridgehead atoms. The maximum absolute atomic E-state index is 14.0. The minimum absolute atomic E-state index is 0.00948. The molecule has 6 aromatic rings. The third kappa shape index (κ3) is 16.2. The Morgan fingerprint density at radius 2 is 1.51 bits per heavy atom. The summed E-state index contributed by atoms with van der Waals surface area (Å²) in [5, 5.41) is 13.1. The van der Waals surface area contributed by atoms with Gasteiger partial charge in [0, 0.05) is 95.8 Å². The molecule has 2 atom stereocenters. The Bertz CT molecular complexity index is 3280. The number of carbonyl (C=O) groups excluding carboxylic acids is 6. The van der Waals surface area contributed by atoms with Crippen LogP contribution in [0.15, 0.2) is 121 Å². The molecule has 22 heteroatoms. The number of hydrogen-bond donors (Lipinski definition) is 4. The van der Waals surface area contributed by atoms with E-state index in [1.165, 1.54) is 4.90 Å². The molecule has 5 N–H and O–H groups in total. The maximum Gasteiger partial charge on any atom is 0.312 e. The first-order valence-corrected chi connectivity index (χ1v) is 28.6. The molecule has 9 rings (SSSR count). The van der Waals surface area contributed by atoms with Crippen LogP contribution < -0.4 is 26.2 Å². The quantitative estimate of drug-likeness (QED) is 0.0226. The van der Waals surface area contributed by atoms with Crippen molar-refractivity contribution in [1.82, 2.24) is 49.7 Å². The molecular weight excluding hydrogens is 1070 g/mol. The number of aryl methyl sites for hydroxylation is 1. The van der Waals surface area contributed by atoms with Gasteiger partial charge in [-0.2, -0.15) is 0 Å². The number of likely N-dealkylation sites (tertiary alicyclic amines) is 1. The van der Waals surface area contributed by atoms with Crippen LogP contribution in [0.5, 0.6) is 0 Å². The molecule has 84 heavy (non-hydrogen) atoms. The van der Waals surface area contributed by atoms with Crippen LogP contribution in [0.1, 0.15) is 68.6 Å². The van der Waals surface area contributed by atoms with E-state index in [-0.39, 0.29) is 107 Å². The number of aromatic nitrogens is 6. The average Bonchev–Trinajstić information content (AvgIpc) is 4.09. The third-order valence-corrected chi connectivity index (χ3v) is 15.1. The number of benzene rings is 3. The van der Waals surface area contributed by atoms with Gasteiger partial charge >= 0.3 is 6.03 Å². The van der Waals surface area contributed by atoms with Crippen molar-refractivity contribution in [2.45, 2.75) is 71.9 Å². The van der Waals surface area contributed by atoms with Crippen molar-refractivity contribution in [3.63, 3.8) is 0 Å². The highest BCUT2D eigenvalue weighted by atomic mass is 16.5. The fraction of sp³-hybridized carbons (Fsp3) is 0.403. The molecular formula is C62H73N12O10+. The summed E-state index contributed by atoms with van der Waals surface area (Å²) < 4.78 is 24.9. The number of carbonyl (C=O) groups is 6. The van der Waals surface area contributed by atoms with Crippen LogP contribution in [0.4, 0.5) is 16.2 Å². The van der Waals surface area contributed by atoms with Crippen LogP contribution in [-0.2, 0) is 55.9 Å². The van der Waals surface area contributed by atoms with Gasteiger partial charge in [0.15, 0.2) is 11.6 Å². The highest BCUT2D eigenvalue weighted by Gasteiger charge is 2.47. The Morgan fingerprint density at radius 3 is 2.21 bits per heavy atom. The molecule has 0 saturated carbocycles. The molecule has 5 heterocycles. The van der Waals surface area contributed by atoms with E-state index >= 15 is 0 Å². The average molecular weight is 1150 g/mol. The van der Waals surface area contributed by atoms with E-state index in [4.69, 9.17) is 29.7 Å². The van der Waals surface area contributed by atoms with Crippen molar-refractivity contribution in [3.8, 4) is 28.3 Å². The molecule has 0 spiro atoms. The van der Waals surface area contributed by atoms with Gasteiger partial charge in [0.1, 0.15) is 37.5 Å². The predicted molar refractivity (Wildman–Crippen MR) is 313 cm³/mol. The Labute approximate surface area is 488 Å². The van der Waals surface area contributed by atoms with Gasteiger partial charge in [-0.3, -0.25) is 38.3 Å². The molecule has 1 fully saturated rings. The SMILES string of the molecule is Cc1ccc(-c2ncn(-c3ccc(Cc4nccc(-c5cccc([N+]6(Cc7ccc(NC(=O)[C@H](CCCNC(N)=O)CC(=O)[C@@H](NC(=O)CCOCCOCCOCCN8C(=O)C9=C(C9)C8=O)C(C)C)cc7)CCOCC6)c5)n4)cc3)n2)cn1. The summed E-state index contributed by atoms with van der Waals surface area (Å²) in [6.07, 6.45) is 6.87. The number of piperidine rings is 1. The monoisotopic (exact) mass is 1150 g/mol. The Hall–Kier alpha value is -8.41. The number of quaternary nitrogens is 1. The number of anilines is 1. The number of imide groups is 1. The number of amides is 6. The number of pyridine rings is 1. The lowest BCUT2D eigenvalue weighted by molar-refractivity contribution is -0.139. The minimum Gasteiger partial charge on any atom is -0.379 e. The second-order valence-corrected chi connectivity index (χ2v) is 21.6. The minimum atomic E-state index is -0.848. The second-order valence-electron chi connectivity index (χ2n) is 21.6. The number of morpholine rings is 1. The first-order valence-electron chi connectivity index (χ1n) is 28.6. The van der Waals surface area contributed by atoms with Crippen LogP contribution >= 0.6 is 0 Å². The molecule has 3 aromatic heterocycles. The number of hydrogen-bond acceptors (Lipinski definition) is 15. The smallest absolute Gasteiger partial charge is 0.312 e. The zero-order valence-electron chi connectivity index (χ0n) is 47.8. The molecule has 22 nitrogen and oxygen atoms in total. The Morgan fingerprint density at radius 1 is 0.798 bits per heavy atom. The molecule has 1 saturated heterocycles. The summed E-state index contributed by atoms with van der Waals surface area (Å²) in [7, 11) is 0. The number of ketones is 1. The molecule has 440 valence electrons. The zero-order chi connectivity index (χ0) is 59.0. The van der Waals surface area contributed by atoms with Gasteiger partial charge in [0.25, 0.3) is 11.8 Å². The fourth-order valence-electron chi connectivity index (χ4n) is 10.3. The van der Waals surface area contributed by atoms with Crippen LogP contribution in [0.2, 0.25) is 0 Å². The number of nitrogens with zero attached hydrogens (tertiary/aromatic N) is 8. The van der Waals surface area contributed by atoms with E-state index in [2.05, 4.69) is 72.4 Å². The molecule has 3 aromatic carbocycles. The van der Waals surface area contributed by atoms with Gasteiger partial charge < -0.3 is 40.6 Å². The number of rotatable bonds is 31. The second kappa shape index (κ2) is 28.7. The van der Waals surface area contributed by atoms with Gasteiger partial charge in [-0.05, 0) is 79.8 Å². The molecule has 3 aliphatic rings. The van der Waals surface area contributed by atoms with E-state index in [9.17, 15) is 28.8 Å². The van der Waals surface area contributed by atoms with E-state index in [0.717, 1.165) is 58.1 Å². The summed E-state index contributed by atoms with van der Waals surface area (Å²) in [5.74, 6) is -1.18. The van der Waals surface area contributed by atoms with E-state index in [0.29, 0.717) is 72.0 Å². The van der Waals surface area contributed by atoms with Gasteiger partial charge in [-0.25, -0.2) is 24.4 Å². The van der Waals surface area contributed by atoms with Crippen molar-refractivity contribution >= 4 is 46.8 Å². The highest BCUT2D eigenvalue weighted by molar-refractivity contribution is 6.25. The van der Waals surface area contributed by atoms with Crippen molar-refractivity contribution in [1.29, 1.82) is 0 Å². The first-order chi connectivity index (χ1) is 40.7. The van der Waals surface area contributed by atoms with Crippen molar-refractivity contribution in [2.75, 3.05) is 84.4 Å². The summed E-state index contributed by atoms with van der Waals surface area (Å²) in [5.41, 5.74) is 14.8. The van der Waals surface area contributed by atoms with Crippen LogP contribution in [-0.4, -0.2) is 155 Å². The number of primary amides is 1. The largest absolute Gasteiger partial charge is 0.379 e.